The number of fused-ring (bicyclic) bond motifs is 1. The van der Waals surface area contributed by atoms with E-state index < -0.39 is 17.2 Å². The molecule has 0 saturated carbocycles. The van der Waals surface area contributed by atoms with Gasteiger partial charge in [-0.25, -0.2) is 14.6 Å². The summed E-state index contributed by atoms with van der Waals surface area (Å²) < 4.78 is 6.33. The van der Waals surface area contributed by atoms with Crippen LogP contribution in [0, 0.1) is 0 Å². The summed E-state index contributed by atoms with van der Waals surface area (Å²) in [5.74, 6) is -0.626. The lowest BCUT2D eigenvalue weighted by molar-refractivity contribution is 0.0699. The van der Waals surface area contributed by atoms with Gasteiger partial charge in [-0.3, -0.25) is 14.3 Å². The Balaban J connectivity index is 2.40. The van der Waals surface area contributed by atoms with E-state index in [0.29, 0.717) is 17.0 Å². The molecule has 0 aliphatic heterocycles. The number of H-pyrrole nitrogens is 1. The number of aromatic nitrogens is 3. The van der Waals surface area contributed by atoms with Crippen LogP contribution in [0.3, 0.4) is 0 Å². The maximum atomic E-state index is 12.1. The summed E-state index contributed by atoms with van der Waals surface area (Å²) in [6, 6.07) is 8.20. The molecule has 1 aromatic carbocycles. The largest absolute Gasteiger partial charge is 0.497 e. The Labute approximate surface area is 141 Å². The minimum absolute atomic E-state index is 0.0435. The Hall–Kier alpha value is -3.42. The number of methoxy groups -OCH3 is 1. The van der Waals surface area contributed by atoms with E-state index >= 15 is 0 Å². The highest BCUT2D eigenvalue weighted by atomic mass is 16.5. The second kappa shape index (κ2) is 6.23. The molecule has 0 aliphatic carbocycles. The smallest absolute Gasteiger partial charge is 0.336 e. The van der Waals surface area contributed by atoms with E-state index in [9.17, 15) is 19.5 Å². The van der Waals surface area contributed by atoms with Gasteiger partial charge in [-0.15, -0.1) is 0 Å². The van der Waals surface area contributed by atoms with Gasteiger partial charge in [0.2, 0.25) is 0 Å². The molecular formula is C17H15N3O5. The molecule has 8 heteroatoms. The molecule has 2 N–H and O–H groups in total. The average molecular weight is 341 g/mol. The Kier molecular flexibility index (Phi) is 4.10. The standard InChI is InChI=1S/C17H15N3O5/c1-3-20-14-13(15(21)19-17(20)24)11(16(22)23)8-12(18-14)9-4-6-10(25-2)7-5-9/h4-8H,3H2,1-2H3,(H,22,23)(H,19,21,24). The number of nitrogens with zero attached hydrogens (tertiary/aromatic N) is 2. The Morgan fingerprint density at radius 1 is 1.28 bits per heavy atom. The Morgan fingerprint density at radius 2 is 1.96 bits per heavy atom. The number of rotatable bonds is 4. The van der Waals surface area contributed by atoms with Gasteiger partial charge in [-0.1, -0.05) is 0 Å². The van der Waals surface area contributed by atoms with Gasteiger partial charge < -0.3 is 9.84 Å². The third kappa shape index (κ3) is 2.78. The fourth-order valence-electron chi connectivity index (χ4n) is 2.65. The fourth-order valence-corrected chi connectivity index (χ4v) is 2.65. The highest BCUT2D eigenvalue weighted by Crippen LogP contribution is 2.24. The first-order valence-electron chi connectivity index (χ1n) is 7.51. The average Bonchev–Trinajstić information content (AvgIpc) is 2.61. The van der Waals surface area contributed by atoms with Crippen molar-refractivity contribution in [3.05, 3.63) is 56.7 Å². The molecule has 0 bridgehead atoms. The van der Waals surface area contributed by atoms with Crippen molar-refractivity contribution in [1.82, 2.24) is 14.5 Å². The van der Waals surface area contributed by atoms with Crippen LogP contribution in [0.1, 0.15) is 17.3 Å². The first kappa shape index (κ1) is 16.4. The number of hydrogen-bond donors (Lipinski definition) is 2. The molecule has 3 rings (SSSR count). The van der Waals surface area contributed by atoms with E-state index in [0.717, 1.165) is 0 Å². The van der Waals surface area contributed by atoms with E-state index in [2.05, 4.69) is 9.97 Å². The third-order valence-corrected chi connectivity index (χ3v) is 3.88. The van der Waals surface area contributed by atoms with Gasteiger partial charge in [0.05, 0.1) is 23.8 Å². The predicted octanol–water partition coefficient (Wildman–Crippen LogP) is 1.48. The predicted molar refractivity (Wildman–Crippen MR) is 91.2 cm³/mol. The van der Waals surface area contributed by atoms with Gasteiger partial charge in [0, 0.05) is 12.1 Å². The lowest BCUT2D eigenvalue weighted by atomic mass is 10.1. The van der Waals surface area contributed by atoms with Crippen LogP contribution in [-0.2, 0) is 6.54 Å². The lowest BCUT2D eigenvalue weighted by Gasteiger charge is -2.11. The molecule has 8 nitrogen and oxygen atoms in total. The van der Waals surface area contributed by atoms with Crippen molar-refractivity contribution in [3.63, 3.8) is 0 Å². The zero-order valence-electron chi connectivity index (χ0n) is 13.6. The molecule has 0 unspecified atom stereocenters. The minimum atomic E-state index is -1.27. The Bertz CT molecular complexity index is 1080. The summed E-state index contributed by atoms with van der Waals surface area (Å²) in [6.45, 7) is 1.95. The molecule has 0 spiro atoms. The number of carboxylic acids is 1. The van der Waals surface area contributed by atoms with Gasteiger partial charge in [-0.2, -0.15) is 0 Å². The number of carbonyl (C=O) groups is 1. The highest BCUT2D eigenvalue weighted by molar-refractivity contribution is 6.02. The number of benzene rings is 1. The topological polar surface area (TPSA) is 114 Å². The van der Waals surface area contributed by atoms with E-state index in [1.807, 2.05) is 0 Å². The number of aromatic carboxylic acids is 1. The maximum absolute atomic E-state index is 12.1. The number of hydrogen-bond acceptors (Lipinski definition) is 5. The van der Waals surface area contributed by atoms with Crippen LogP contribution in [-0.4, -0.2) is 32.7 Å². The van der Waals surface area contributed by atoms with E-state index in [-0.39, 0.29) is 23.1 Å². The molecule has 25 heavy (non-hydrogen) atoms. The van der Waals surface area contributed by atoms with Crippen LogP contribution in [0.25, 0.3) is 22.3 Å². The lowest BCUT2D eigenvalue weighted by Crippen LogP contribution is -2.31. The summed E-state index contributed by atoms with van der Waals surface area (Å²) in [5.41, 5.74) is -0.576. The molecule has 2 aromatic heterocycles. The van der Waals surface area contributed by atoms with Crippen molar-refractivity contribution in [3.8, 4) is 17.0 Å². The van der Waals surface area contributed by atoms with Crippen LogP contribution in [0.4, 0.5) is 0 Å². The van der Waals surface area contributed by atoms with Gasteiger partial charge in [-0.05, 0) is 37.3 Å². The minimum Gasteiger partial charge on any atom is -0.497 e. The van der Waals surface area contributed by atoms with Crippen LogP contribution >= 0.6 is 0 Å². The molecule has 0 saturated heterocycles. The number of pyridine rings is 1. The van der Waals surface area contributed by atoms with Crippen LogP contribution in [0.5, 0.6) is 5.75 Å². The molecule has 128 valence electrons. The van der Waals surface area contributed by atoms with Gasteiger partial charge in [0.1, 0.15) is 5.75 Å². The molecule has 0 aliphatic rings. The van der Waals surface area contributed by atoms with Crippen LogP contribution in [0.15, 0.2) is 39.9 Å². The first-order valence-corrected chi connectivity index (χ1v) is 7.51. The number of aryl methyl sites for hydroxylation is 1. The monoisotopic (exact) mass is 341 g/mol. The van der Waals surface area contributed by atoms with Crippen LogP contribution in [0.2, 0.25) is 0 Å². The van der Waals surface area contributed by atoms with E-state index in [4.69, 9.17) is 4.74 Å². The summed E-state index contributed by atoms with van der Waals surface area (Å²) in [4.78, 5) is 42.3. The molecule has 3 aromatic rings. The summed E-state index contributed by atoms with van der Waals surface area (Å²) in [6.07, 6.45) is 0. The number of carboxylic acid groups (broad SMARTS) is 1. The van der Waals surface area contributed by atoms with Crippen molar-refractivity contribution in [2.24, 2.45) is 0 Å². The van der Waals surface area contributed by atoms with Gasteiger partial charge >= 0.3 is 11.7 Å². The summed E-state index contributed by atoms with van der Waals surface area (Å²) >= 11 is 0. The number of aromatic amines is 1. The molecular weight excluding hydrogens is 326 g/mol. The number of nitrogens with one attached hydrogen (secondary N) is 1. The summed E-state index contributed by atoms with van der Waals surface area (Å²) in [5, 5.41) is 9.39. The summed E-state index contributed by atoms with van der Waals surface area (Å²) in [7, 11) is 1.54. The maximum Gasteiger partial charge on any atom is 0.336 e. The molecule has 0 amide bonds. The molecule has 0 fully saturated rings. The van der Waals surface area contributed by atoms with Gasteiger partial charge in [0.25, 0.3) is 5.56 Å². The van der Waals surface area contributed by atoms with Crippen molar-refractivity contribution in [1.29, 1.82) is 0 Å². The second-order valence-electron chi connectivity index (χ2n) is 5.29. The van der Waals surface area contributed by atoms with Crippen molar-refractivity contribution in [2.75, 3.05) is 7.11 Å². The zero-order valence-corrected chi connectivity index (χ0v) is 13.6. The SMILES string of the molecule is CCn1c(=O)[nH]c(=O)c2c(C(=O)O)cc(-c3ccc(OC)cc3)nc21. The normalized spacial score (nSPS) is 10.8. The van der Waals surface area contributed by atoms with Crippen molar-refractivity contribution < 1.29 is 14.6 Å². The van der Waals surface area contributed by atoms with Crippen molar-refractivity contribution in [2.45, 2.75) is 13.5 Å². The van der Waals surface area contributed by atoms with Crippen molar-refractivity contribution >= 4 is 17.0 Å². The Morgan fingerprint density at radius 3 is 2.52 bits per heavy atom. The second-order valence-corrected chi connectivity index (χ2v) is 5.29. The fraction of sp³-hybridized carbons (Fsp3) is 0.176. The quantitative estimate of drug-likeness (QED) is 0.743. The molecule has 0 radical (unpaired) electrons. The zero-order chi connectivity index (χ0) is 18.1. The number of ether oxygens (including phenoxy) is 1. The molecule has 2 heterocycles. The third-order valence-electron chi connectivity index (χ3n) is 3.88. The van der Waals surface area contributed by atoms with E-state index in [1.165, 1.54) is 17.7 Å². The van der Waals surface area contributed by atoms with Gasteiger partial charge in [0.15, 0.2) is 5.65 Å². The van der Waals surface area contributed by atoms with Crippen LogP contribution < -0.4 is 16.0 Å². The van der Waals surface area contributed by atoms with E-state index in [1.54, 1.807) is 31.2 Å². The first-order chi connectivity index (χ1) is 12.0. The molecule has 0 atom stereocenters. The highest BCUT2D eigenvalue weighted by Gasteiger charge is 2.19.